The first kappa shape index (κ1) is 16.1. The van der Waals surface area contributed by atoms with Crippen LogP contribution >= 0.6 is 0 Å². The van der Waals surface area contributed by atoms with Gasteiger partial charge >= 0.3 is 0 Å². The van der Waals surface area contributed by atoms with Crippen LogP contribution in [0.1, 0.15) is 66.5 Å². The van der Waals surface area contributed by atoms with Crippen molar-refractivity contribution in [3.63, 3.8) is 0 Å². The number of benzene rings is 1. The van der Waals surface area contributed by atoms with Crippen molar-refractivity contribution in [3.8, 4) is 0 Å². The van der Waals surface area contributed by atoms with Crippen LogP contribution in [-0.4, -0.2) is 0 Å². The fraction of sp³-hybridized carbons (Fsp3) is 0.524. The van der Waals surface area contributed by atoms with E-state index in [-0.39, 0.29) is 16.2 Å². The van der Waals surface area contributed by atoms with Crippen molar-refractivity contribution in [2.75, 3.05) is 0 Å². The SMILES string of the molecule is C=C(C)C(=C1C(C)(C)C1(C)C)c1ccc(C(C)(C)C)cc1. The molecule has 1 aromatic rings. The second-order valence-electron chi connectivity index (χ2n) is 8.61. The summed E-state index contributed by atoms with van der Waals surface area (Å²) >= 11 is 0. The van der Waals surface area contributed by atoms with E-state index in [1.807, 2.05) is 0 Å². The van der Waals surface area contributed by atoms with E-state index in [9.17, 15) is 0 Å². The zero-order chi connectivity index (χ0) is 16.2. The lowest BCUT2D eigenvalue weighted by atomic mass is 9.85. The molecule has 1 aromatic carbocycles. The lowest BCUT2D eigenvalue weighted by Gasteiger charge is -2.19. The molecule has 1 fully saturated rings. The van der Waals surface area contributed by atoms with Gasteiger partial charge < -0.3 is 0 Å². The summed E-state index contributed by atoms with van der Waals surface area (Å²) in [6.07, 6.45) is 0. The average Bonchev–Trinajstić information content (AvgIpc) is 2.71. The zero-order valence-electron chi connectivity index (χ0n) is 15.0. The Morgan fingerprint density at radius 3 is 1.62 bits per heavy atom. The van der Waals surface area contributed by atoms with Crippen LogP contribution in [0.25, 0.3) is 5.57 Å². The van der Waals surface area contributed by atoms with Crippen molar-refractivity contribution >= 4 is 5.57 Å². The highest BCUT2D eigenvalue weighted by Gasteiger charge is 2.61. The third-order valence-corrected chi connectivity index (χ3v) is 5.47. The highest BCUT2D eigenvalue weighted by Crippen LogP contribution is 2.70. The van der Waals surface area contributed by atoms with Crippen LogP contribution in [0.2, 0.25) is 0 Å². The largest absolute Gasteiger partial charge is 0.0955 e. The lowest BCUT2D eigenvalue weighted by Crippen LogP contribution is -2.10. The van der Waals surface area contributed by atoms with Crippen molar-refractivity contribution < 1.29 is 0 Å². The van der Waals surface area contributed by atoms with Gasteiger partial charge in [-0.2, -0.15) is 0 Å². The van der Waals surface area contributed by atoms with Crippen molar-refractivity contribution in [3.05, 3.63) is 53.1 Å². The molecule has 0 bridgehead atoms. The Hall–Kier alpha value is -1.30. The van der Waals surface area contributed by atoms with Gasteiger partial charge in [-0.3, -0.25) is 0 Å². The molecule has 2 rings (SSSR count). The average molecular weight is 282 g/mol. The molecule has 1 aliphatic rings. The third kappa shape index (κ3) is 2.50. The Labute approximate surface area is 131 Å². The van der Waals surface area contributed by atoms with E-state index in [4.69, 9.17) is 0 Å². The van der Waals surface area contributed by atoms with Gasteiger partial charge in [0.25, 0.3) is 0 Å². The van der Waals surface area contributed by atoms with Crippen LogP contribution in [-0.2, 0) is 5.41 Å². The number of hydrogen-bond donors (Lipinski definition) is 0. The normalized spacial score (nSPS) is 19.3. The first-order chi connectivity index (χ1) is 9.40. The summed E-state index contributed by atoms with van der Waals surface area (Å²) in [5.74, 6) is 0. The van der Waals surface area contributed by atoms with Gasteiger partial charge in [0.2, 0.25) is 0 Å². The molecular formula is C21H30. The molecule has 0 unspecified atom stereocenters. The molecular weight excluding hydrogens is 252 g/mol. The summed E-state index contributed by atoms with van der Waals surface area (Å²) in [7, 11) is 0. The van der Waals surface area contributed by atoms with E-state index in [2.05, 4.69) is 86.2 Å². The minimum Gasteiger partial charge on any atom is -0.0955 e. The molecule has 0 nitrogen and oxygen atoms in total. The zero-order valence-corrected chi connectivity index (χ0v) is 15.0. The Morgan fingerprint density at radius 1 is 0.905 bits per heavy atom. The monoisotopic (exact) mass is 282 g/mol. The number of rotatable bonds is 2. The second-order valence-corrected chi connectivity index (χ2v) is 8.61. The van der Waals surface area contributed by atoms with Gasteiger partial charge in [0.15, 0.2) is 0 Å². The highest BCUT2D eigenvalue weighted by atomic mass is 14.6. The van der Waals surface area contributed by atoms with E-state index in [1.54, 1.807) is 5.57 Å². The summed E-state index contributed by atoms with van der Waals surface area (Å²) in [5.41, 5.74) is 7.51. The lowest BCUT2D eigenvalue weighted by molar-refractivity contribution is 0.457. The Bertz CT molecular complexity index is 582. The molecule has 0 heterocycles. The van der Waals surface area contributed by atoms with Gasteiger partial charge in [-0.1, -0.05) is 84.9 Å². The molecule has 1 saturated carbocycles. The number of allylic oxidation sites excluding steroid dienone is 3. The minimum absolute atomic E-state index is 0.202. The van der Waals surface area contributed by atoms with Crippen LogP contribution in [0.5, 0.6) is 0 Å². The maximum Gasteiger partial charge on any atom is -0.00408 e. The van der Waals surface area contributed by atoms with E-state index in [0.29, 0.717) is 0 Å². The van der Waals surface area contributed by atoms with Crippen LogP contribution in [0.3, 0.4) is 0 Å². The van der Waals surface area contributed by atoms with Crippen molar-refractivity contribution in [1.82, 2.24) is 0 Å². The minimum atomic E-state index is 0.202. The summed E-state index contributed by atoms with van der Waals surface area (Å²) in [5, 5.41) is 0. The molecule has 0 spiro atoms. The van der Waals surface area contributed by atoms with Crippen molar-refractivity contribution in [2.24, 2.45) is 10.8 Å². The van der Waals surface area contributed by atoms with E-state index < -0.39 is 0 Å². The first-order valence-corrected chi connectivity index (χ1v) is 7.92. The van der Waals surface area contributed by atoms with Crippen LogP contribution in [0.4, 0.5) is 0 Å². The summed E-state index contributed by atoms with van der Waals surface area (Å²) in [6.45, 7) is 22.5. The van der Waals surface area contributed by atoms with Crippen LogP contribution < -0.4 is 0 Å². The van der Waals surface area contributed by atoms with Crippen LogP contribution in [0.15, 0.2) is 42.0 Å². The molecule has 0 N–H and O–H groups in total. The molecule has 0 atom stereocenters. The highest BCUT2D eigenvalue weighted by molar-refractivity contribution is 5.85. The van der Waals surface area contributed by atoms with Crippen molar-refractivity contribution in [2.45, 2.75) is 60.8 Å². The van der Waals surface area contributed by atoms with Crippen molar-refractivity contribution in [1.29, 1.82) is 0 Å². The van der Waals surface area contributed by atoms with Gasteiger partial charge in [0.05, 0.1) is 0 Å². The molecule has 21 heavy (non-hydrogen) atoms. The van der Waals surface area contributed by atoms with Gasteiger partial charge in [0, 0.05) is 0 Å². The van der Waals surface area contributed by atoms with E-state index in [1.165, 1.54) is 22.3 Å². The Balaban J connectivity index is 2.53. The maximum atomic E-state index is 4.24. The number of hydrogen-bond acceptors (Lipinski definition) is 0. The summed E-state index contributed by atoms with van der Waals surface area (Å²) in [6, 6.07) is 9.06. The third-order valence-electron chi connectivity index (χ3n) is 5.47. The first-order valence-electron chi connectivity index (χ1n) is 7.92. The Morgan fingerprint density at radius 2 is 1.33 bits per heavy atom. The smallest absolute Gasteiger partial charge is 0.00408 e. The summed E-state index contributed by atoms with van der Waals surface area (Å²) in [4.78, 5) is 0. The molecule has 0 saturated heterocycles. The molecule has 0 aromatic heterocycles. The van der Waals surface area contributed by atoms with Gasteiger partial charge in [-0.15, -0.1) is 0 Å². The molecule has 0 heteroatoms. The van der Waals surface area contributed by atoms with Gasteiger partial charge in [-0.25, -0.2) is 0 Å². The van der Waals surface area contributed by atoms with E-state index >= 15 is 0 Å². The maximum absolute atomic E-state index is 4.24. The molecule has 114 valence electrons. The molecule has 0 radical (unpaired) electrons. The van der Waals surface area contributed by atoms with Crippen LogP contribution in [0, 0.1) is 10.8 Å². The predicted octanol–water partition coefficient (Wildman–Crippen LogP) is 6.38. The standard InChI is InChI=1S/C21H30/c1-14(2)17(18-20(6,7)21(18,8)9)15-10-12-16(13-11-15)19(3,4)5/h10-13H,1H2,2-9H3. The fourth-order valence-electron chi connectivity index (χ4n) is 3.40. The van der Waals surface area contributed by atoms with Gasteiger partial charge in [-0.05, 0) is 45.4 Å². The van der Waals surface area contributed by atoms with Gasteiger partial charge in [0.1, 0.15) is 0 Å². The molecule has 1 aliphatic carbocycles. The topological polar surface area (TPSA) is 0 Å². The molecule has 0 aliphatic heterocycles. The Kier molecular flexibility index (Phi) is 3.52. The fourth-order valence-corrected chi connectivity index (χ4v) is 3.40. The predicted molar refractivity (Wildman–Crippen MR) is 94.4 cm³/mol. The second kappa shape index (κ2) is 4.60. The van der Waals surface area contributed by atoms with E-state index in [0.717, 1.165) is 0 Å². The quantitative estimate of drug-likeness (QED) is 0.590. The molecule has 0 amide bonds. The summed E-state index contributed by atoms with van der Waals surface area (Å²) < 4.78 is 0.